The molecule has 2 fully saturated rings. The van der Waals surface area contributed by atoms with Crippen LogP contribution in [0.2, 0.25) is 0 Å². The lowest BCUT2D eigenvalue weighted by molar-refractivity contribution is -0.123. The average Bonchev–Trinajstić information content (AvgIpc) is 2.19. The van der Waals surface area contributed by atoms with E-state index in [2.05, 4.69) is 20.8 Å². The molecule has 2 aliphatic rings. The van der Waals surface area contributed by atoms with E-state index in [4.69, 9.17) is 0 Å². The minimum atomic E-state index is 0.0764. The van der Waals surface area contributed by atoms with E-state index in [1.165, 1.54) is 0 Å². The molecule has 2 rings (SSSR count). The van der Waals surface area contributed by atoms with E-state index in [0.717, 1.165) is 12.8 Å². The first-order valence-electron chi connectivity index (χ1n) is 4.04. The normalized spacial score (nSPS) is 49.1. The molecular formula is C9H14O. The summed E-state index contributed by atoms with van der Waals surface area (Å²) in [5.74, 6) is 1.20. The lowest BCUT2D eigenvalue weighted by Gasteiger charge is -2.11. The molecule has 0 aromatic carbocycles. The smallest absolute Gasteiger partial charge is 0.139 e. The Bertz CT molecular complexity index is 205. The van der Waals surface area contributed by atoms with Crippen LogP contribution in [0.1, 0.15) is 33.6 Å². The third-order valence-corrected chi connectivity index (χ3v) is 4.06. The molecule has 0 aromatic heterocycles. The fourth-order valence-corrected chi connectivity index (χ4v) is 2.84. The first-order chi connectivity index (χ1) is 4.51. The standard InChI is InChI=1S/C9H14O/c1-8(2)6-4-5-7(10)9(6,8)3/h6H,4-5H2,1-3H3/t6-,9+/m1/s1. The molecule has 0 unspecified atom stereocenters. The van der Waals surface area contributed by atoms with Crippen molar-refractivity contribution in [2.45, 2.75) is 33.6 Å². The quantitative estimate of drug-likeness (QED) is 0.500. The van der Waals surface area contributed by atoms with Gasteiger partial charge in [-0.15, -0.1) is 0 Å². The van der Waals surface area contributed by atoms with Crippen molar-refractivity contribution < 1.29 is 4.79 Å². The van der Waals surface area contributed by atoms with E-state index in [1.807, 2.05) is 0 Å². The molecule has 0 bridgehead atoms. The van der Waals surface area contributed by atoms with Crippen molar-refractivity contribution >= 4 is 5.78 Å². The molecule has 10 heavy (non-hydrogen) atoms. The maximum atomic E-state index is 11.4. The van der Waals surface area contributed by atoms with E-state index < -0.39 is 0 Å². The minimum Gasteiger partial charge on any atom is -0.299 e. The summed E-state index contributed by atoms with van der Waals surface area (Å²) in [6.07, 6.45) is 1.98. The summed E-state index contributed by atoms with van der Waals surface area (Å²) in [5, 5.41) is 0. The predicted molar refractivity (Wildman–Crippen MR) is 39.6 cm³/mol. The fraction of sp³-hybridized carbons (Fsp3) is 0.889. The van der Waals surface area contributed by atoms with Crippen molar-refractivity contribution in [2.24, 2.45) is 16.7 Å². The number of Topliss-reactive ketones (excluding diaryl/α,β-unsaturated/α-hetero) is 1. The zero-order chi connectivity index (χ0) is 7.57. The van der Waals surface area contributed by atoms with Crippen LogP contribution in [0.15, 0.2) is 0 Å². The van der Waals surface area contributed by atoms with Crippen LogP contribution in [0.25, 0.3) is 0 Å². The summed E-state index contributed by atoms with van der Waals surface area (Å²) in [4.78, 5) is 11.4. The van der Waals surface area contributed by atoms with E-state index in [0.29, 0.717) is 17.1 Å². The minimum absolute atomic E-state index is 0.0764. The van der Waals surface area contributed by atoms with Gasteiger partial charge in [-0.05, 0) is 17.8 Å². The van der Waals surface area contributed by atoms with Gasteiger partial charge in [0.2, 0.25) is 0 Å². The highest BCUT2D eigenvalue weighted by atomic mass is 16.1. The lowest BCUT2D eigenvalue weighted by Crippen LogP contribution is -2.15. The van der Waals surface area contributed by atoms with Gasteiger partial charge < -0.3 is 0 Å². The van der Waals surface area contributed by atoms with E-state index in [9.17, 15) is 4.79 Å². The van der Waals surface area contributed by atoms with Crippen molar-refractivity contribution in [3.8, 4) is 0 Å². The van der Waals surface area contributed by atoms with Crippen molar-refractivity contribution in [1.29, 1.82) is 0 Å². The fourth-order valence-electron chi connectivity index (χ4n) is 2.84. The molecule has 0 N–H and O–H groups in total. The molecule has 2 aliphatic carbocycles. The van der Waals surface area contributed by atoms with Gasteiger partial charge in [0.05, 0.1) is 0 Å². The second kappa shape index (κ2) is 1.32. The van der Waals surface area contributed by atoms with Gasteiger partial charge in [0.25, 0.3) is 0 Å². The number of carbonyl (C=O) groups excluding carboxylic acids is 1. The number of fused-ring (bicyclic) bond motifs is 1. The highest BCUT2D eigenvalue weighted by molar-refractivity contribution is 5.92. The van der Waals surface area contributed by atoms with Crippen LogP contribution in [0, 0.1) is 16.7 Å². The highest BCUT2D eigenvalue weighted by Crippen LogP contribution is 2.74. The van der Waals surface area contributed by atoms with Crippen LogP contribution >= 0.6 is 0 Å². The number of ketones is 1. The Morgan fingerprint density at radius 2 is 2.00 bits per heavy atom. The molecule has 0 aromatic rings. The van der Waals surface area contributed by atoms with Gasteiger partial charge in [-0.25, -0.2) is 0 Å². The molecule has 2 saturated carbocycles. The lowest BCUT2D eigenvalue weighted by atomic mass is 9.92. The predicted octanol–water partition coefficient (Wildman–Crippen LogP) is 2.01. The largest absolute Gasteiger partial charge is 0.299 e. The van der Waals surface area contributed by atoms with E-state index in [1.54, 1.807) is 0 Å². The summed E-state index contributed by atoms with van der Waals surface area (Å²) < 4.78 is 0. The molecule has 2 atom stereocenters. The van der Waals surface area contributed by atoms with Crippen LogP contribution in [-0.4, -0.2) is 5.78 Å². The maximum absolute atomic E-state index is 11.4. The first kappa shape index (κ1) is 6.38. The average molecular weight is 138 g/mol. The van der Waals surface area contributed by atoms with Crippen LogP contribution < -0.4 is 0 Å². The topological polar surface area (TPSA) is 17.1 Å². The summed E-state index contributed by atoms with van der Waals surface area (Å²) in [7, 11) is 0. The molecule has 0 amide bonds. The second-order valence-electron chi connectivity index (χ2n) is 4.44. The number of hydrogen-bond donors (Lipinski definition) is 0. The molecule has 0 spiro atoms. The molecular weight excluding hydrogens is 124 g/mol. The zero-order valence-electron chi connectivity index (χ0n) is 6.90. The summed E-state index contributed by atoms with van der Waals surface area (Å²) in [6, 6.07) is 0. The molecule has 0 aliphatic heterocycles. The Kier molecular flexibility index (Phi) is 0.842. The van der Waals surface area contributed by atoms with Gasteiger partial charge in [0.1, 0.15) is 5.78 Å². The number of rotatable bonds is 0. The van der Waals surface area contributed by atoms with E-state index in [-0.39, 0.29) is 5.41 Å². The third-order valence-electron chi connectivity index (χ3n) is 4.06. The highest BCUT2D eigenvalue weighted by Gasteiger charge is 2.73. The van der Waals surface area contributed by atoms with Gasteiger partial charge in [-0.2, -0.15) is 0 Å². The van der Waals surface area contributed by atoms with Crippen molar-refractivity contribution in [2.75, 3.05) is 0 Å². The Labute approximate surface area is 61.8 Å². The molecule has 56 valence electrons. The Hall–Kier alpha value is -0.330. The molecule has 1 nitrogen and oxygen atoms in total. The molecule has 0 heterocycles. The zero-order valence-corrected chi connectivity index (χ0v) is 6.90. The van der Waals surface area contributed by atoms with Crippen molar-refractivity contribution in [3.63, 3.8) is 0 Å². The van der Waals surface area contributed by atoms with Crippen molar-refractivity contribution in [1.82, 2.24) is 0 Å². The van der Waals surface area contributed by atoms with Crippen LogP contribution in [0.4, 0.5) is 0 Å². The monoisotopic (exact) mass is 138 g/mol. The van der Waals surface area contributed by atoms with E-state index >= 15 is 0 Å². The number of hydrogen-bond acceptors (Lipinski definition) is 1. The number of carbonyl (C=O) groups is 1. The maximum Gasteiger partial charge on any atom is 0.139 e. The third kappa shape index (κ3) is 0.388. The summed E-state index contributed by atoms with van der Waals surface area (Å²) in [6.45, 7) is 6.57. The van der Waals surface area contributed by atoms with Crippen LogP contribution in [0.5, 0.6) is 0 Å². The second-order valence-corrected chi connectivity index (χ2v) is 4.44. The van der Waals surface area contributed by atoms with Gasteiger partial charge >= 0.3 is 0 Å². The van der Waals surface area contributed by atoms with Crippen molar-refractivity contribution in [3.05, 3.63) is 0 Å². The van der Waals surface area contributed by atoms with Crippen LogP contribution in [0.3, 0.4) is 0 Å². The van der Waals surface area contributed by atoms with Gasteiger partial charge in [0.15, 0.2) is 0 Å². The first-order valence-corrected chi connectivity index (χ1v) is 4.04. The summed E-state index contributed by atoms with van der Waals surface area (Å²) in [5.41, 5.74) is 0.398. The van der Waals surface area contributed by atoms with Crippen LogP contribution in [-0.2, 0) is 4.79 Å². The Morgan fingerprint density at radius 3 is 2.20 bits per heavy atom. The Balaban J connectivity index is 2.37. The van der Waals surface area contributed by atoms with Gasteiger partial charge in [-0.1, -0.05) is 20.8 Å². The molecule has 0 saturated heterocycles. The SMILES string of the molecule is CC1(C)[C@H]2CCC(=O)[C@]21C. The summed E-state index contributed by atoms with van der Waals surface area (Å²) >= 11 is 0. The molecule has 0 radical (unpaired) electrons. The van der Waals surface area contributed by atoms with Gasteiger partial charge in [0, 0.05) is 11.8 Å². The molecule has 1 heteroatoms. The van der Waals surface area contributed by atoms with Gasteiger partial charge in [-0.3, -0.25) is 4.79 Å². The Morgan fingerprint density at radius 1 is 1.40 bits per heavy atom.